The molecule has 1 aromatic rings. The number of benzene rings is 1. The predicted octanol–water partition coefficient (Wildman–Crippen LogP) is 1.64. The lowest BCUT2D eigenvalue weighted by molar-refractivity contribution is -0.140. The van der Waals surface area contributed by atoms with Gasteiger partial charge in [0.15, 0.2) is 0 Å². The van der Waals surface area contributed by atoms with Gasteiger partial charge in [0, 0.05) is 11.3 Å². The Kier molecular flexibility index (Phi) is 4.24. The minimum Gasteiger partial charge on any atom is -0.465 e. The zero-order valence-electron chi connectivity index (χ0n) is 8.62. The molecule has 1 aromatic carbocycles. The Labute approximate surface area is 89.4 Å². The van der Waals surface area contributed by atoms with Gasteiger partial charge in [0.25, 0.3) is 0 Å². The molecule has 0 aliphatic carbocycles. The van der Waals surface area contributed by atoms with Gasteiger partial charge in [-0.3, -0.25) is 4.79 Å². The summed E-state index contributed by atoms with van der Waals surface area (Å²) in [6.07, 6.45) is 5.22. The predicted molar refractivity (Wildman–Crippen MR) is 59.5 cm³/mol. The van der Waals surface area contributed by atoms with E-state index in [1.54, 1.807) is 6.92 Å². The second-order valence-electron chi connectivity index (χ2n) is 2.88. The number of carbonyl (C=O) groups excluding carboxylic acids is 1. The van der Waals surface area contributed by atoms with Gasteiger partial charge in [-0.2, -0.15) is 0 Å². The van der Waals surface area contributed by atoms with Crippen LogP contribution in [0, 0.1) is 12.3 Å². The lowest BCUT2D eigenvalue weighted by atomic mass is 10.2. The fraction of sp³-hybridized carbons (Fsp3) is 0.250. The van der Waals surface area contributed by atoms with Crippen LogP contribution in [0.1, 0.15) is 12.5 Å². The summed E-state index contributed by atoms with van der Waals surface area (Å²) in [7, 11) is 0. The van der Waals surface area contributed by atoms with Gasteiger partial charge in [0.2, 0.25) is 0 Å². The fourth-order valence-electron chi connectivity index (χ4n) is 1.07. The van der Waals surface area contributed by atoms with Crippen molar-refractivity contribution in [1.29, 1.82) is 0 Å². The van der Waals surface area contributed by atoms with Gasteiger partial charge < -0.3 is 10.1 Å². The van der Waals surface area contributed by atoms with E-state index >= 15 is 0 Å². The van der Waals surface area contributed by atoms with Crippen molar-refractivity contribution in [1.82, 2.24) is 0 Å². The van der Waals surface area contributed by atoms with E-state index in [1.165, 1.54) is 0 Å². The highest BCUT2D eigenvalue weighted by atomic mass is 16.5. The molecule has 0 bridgehead atoms. The standard InChI is InChI=1S/C12H13NO2/c1-3-10-5-7-11(8-6-10)13-9-12(14)15-4-2/h1,5-8,13H,4,9H2,2H3. The number of terminal acetylenes is 1. The number of carbonyl (C=O) groups is 1. The van der Waals surface area contributed by atoms with Gasteiger partial charge in [-0.15, -0.1) is 6.42 Å². The van der Waals surface area contributed by atoms with Crippen LogP contribution in [0.15, 0.2) is 24.3 Å². The molecule has 0 unspecified atom stereocenters. The van der Waals surface area contributed by atoms with Gasteiger partial charge in [-0.25, -0.2) is 0 Å². The van der Waals surface area contributed by atoms with Crippen molar-refractivity contribution in [2.45, 2.75) is 6.92 Å². The molecular formula is C12H13NO2. The topological polar surface area (TPSA) is 38.3 Å². The molecule has 0 aliphatic heterocycles. The third-order valence-corrected chi connectivity index (χ3v) is 1.79. The molecule has 0 saturated heterocycles. The largest absolute Gasteiger partial charge is 0.465 e. The second kappa shape index (κ2) is 5.71. The molecule has 3 nitrogen and oxygen atoms in total. The summed E-state index contributed by atoms with van der Waals surface area (Å²) >= 11 is 0. The van der Waals surface area contributed by atoms with Gasteiger partial charge >= 0.3 is 5.97 Å². The summed E-state index contributed by atoms with van der Waals surface area (Å²) in [5.74, 6) is 2.25. The van der Waals surface area contributed by atoms with Gasteiger partial charge in [0.05, 0.1) is 6.61 Å². The van der Waals surface area contributed by atoms with Crippen molar-refractivity contribution in [3.05, 3.63) is 29.8 Å². The number of hydrogen-bond acceptors (Lipinski definition) is 3. The zero-order valence-corrected chi connectivity index (χ0v) is 8.62. The van der Waals surface area contributed by atoms with E-state index in [2.05, 4.69) is 11.2 Å². The summed E-state index contributed by atoms with van der Waals surface area (Å²) in [6.45, 7) is 2.35. The van der Waals surface area contributed by atoms with Gasteiger partial charge in [-0.1, -0.05) is 5.92 Å². The van der Waals surface area contributed by atoms with E-state index in [0.717, 1.165) is 11.3 Å². The summed E-state index contributed by atoms with van der Waals surface area (Å²) < 4.78 is 4.77. The number of hydrogen-bond donors (Lipinski definition) is 1. The zero-order chi connectivity index (χ0) is 11.1. The molecule has 3 heteroatoms. The van der Waals surface area contributed by atoms with Crippen LogP contribution in [-0.2, 0) is 9.53 Å². The van der Waals surface area contributed by atoms with E-state index in [1.807, 2.05) is 24.3 Å². The maximum absolute atomic E-state index is 11.0. The smallest absolute Gasteiger partial charge is 0.325 e. The summed E-state index contributed by atoms with van der Waals surface area (Å²) in [6, 6.07) is 7.28. The van der Waals surface area contributed by atoms with Crippen molar-refractivity contribution < 1.29 is 9.53 Å². The molecular weight excluding hydrogens is 190 g/mol. The monoisotopic (exact) mass is 203 g/mol. The van der Waals surface area contributed by atoms with Gasteiger partial charge in [0.1, 0.15) is 6.54 Å². The molecule has 0 saturated carbocycles. The average Bonchev–Trinajstić information content (AvgIpc) is 2.27. The molecule has 1 rings (SSSR count). The fourth-order valence-corrected chi connectivity index (χ4v) is 1.07. The molecule has 0 fully saturated rings. The number of esters is 1. The van der Waals surface area contributed by atoms with Gasteiger partial charge in [-0.05, 0) is 31.2 Å². The van der Waals surface area contributed by atoms with E-state index in [9.17, 15) is 4.79 Å². The van der Waals surface area contributed by atoms with E-state index < -0.39 is 0 Å². The molecule has 1 N–H and O–H groups in total. The first kappa shape index (κ1) is 11.1. The van der Waals surface area contributed by atoms with E-state index in [4.69, 9.17) is 11.2 Å². The molecule has 0 atom stereocenters. The quantitative estimate of drug-likeness (QED) is 0.597. The Hall–Kier alpha value is -1.95. The Morgan fingerprint density at radius 1 is 1.47 bits per heavy atom. The van der Waals surface area contributed by atoms with Crippen LogP contribution in [0.5, 0.6) is 0 Å². The third kappa shape index (κ3) is 3.74. The number of rotatable bonds is 4. The van der Waals surface area contributed by atoms with Crippen molar-refractivity contribution in [2.75, 3.05) is 18.5 Å². The number of nitrogens with one attached hydrogen (secondary N) is 1. The number of anilines is 1. The molecule has 0 heterocycles. The maximum atomic E-state index is 11.0. The Balaban J connectivity index is 2.45. The van der Waals surface area contributed by atoms with Crippen LogP contribution in [0.3, 0.4) is 0 Å². The van der Waals surface area contributed by atoms with Crippen molar-refractivity contribution in [3.8, 4) is 12.3 Å². The van der Waals surface area contributed by atoms with Crippen molar-refractivity contribution >= 4 is 11.7 Å². The first-order valence-electron chi connectivity index (χ1n) is 4.72. The van der Waals surface area contributed by atoms with E-state index in [-0.39, 0.29) is 12.5 Å². The number of ether oxygens (including phenoxy) is 1. The highest BCUT2D eigenvalue weighted by Crippen LogP contribution is 2.07. The molecule has 0 amide bonds. The highest BCUT2D eigenvalue weighted by Gasteiger charge is 2.00. The Bertz CT molecular complexity index is 362. The molecule has 0 radical (unpaired) electrons. The summed E-state index contributed by atoms with van der Waals surface area (Å²) in [5, 5.41) is 2.94. The first-order valence-corrected chi connectivity index (χ1v) is 4.72. The maximum Gasteiger partial charge on any atom is 0.325 e. The molecule has 0 aliphatic rings. The van der Waals surface area contributed by atoms with Crippen LogP contribution in [-0.4, -0.2) is 19.1 Å². The average molecular weight is 203 g/mol. The lowest BCUT2D eigenvalue weighted by Crippen LogP contribution is -2.16. The van der Waals surface area contributed by atoms with Crippen LogP contribution in [0.2, 0.25) is 0 Å². The van der Waals surface area contributed by atoms with Crippen molar-refractivity contribution in [2.24, 2.45) is 0 Å². The molecule has 78 valence electrons. The van der Waals surface area contributed by atoms with Crippen LogP contribution < -0.4 is 5.32 Å². The van der Waals surface area contributed by atoms with Crippen LogP contribution in [0.25, 0.3) is 0 Å². The second-order valence-corrected chi connectivity index (χ2v) is 2.88. The Morgan fingerprint density at radius 2 is 2.13 bits per heavy atom. The van der Waals surface area contributed by atoms with Crippen molar-refractivity contribution in [3.63, 3.8) is 0 Å². The third-order valence-electron chi connectivity index (χ3n) is 1.79. The molecule has 0 aromatic heterocycles. The highest BCUT2D eigenvalue weighted by molar-refractivity contribution is 5.74. The normalized spacial score (nSPS) is 9.07. The lowest BCUT2D eigenvalue weighted by Gasteiger charge is -2.05. The Morgan fingerprint density at radius 3 is 2.67 bits per heavy atom. The first-order chi connectivity index (χ1) is 7.26. The van der Waals surface area contributed by atoms with Crippen LogP contribution >= 0.6 is 0 Å². The van der Waals surface area contributed by atoms with Crippen LogP contribution in [0.4, 0.5) is 5.69 Å². The van der Waals surface area contributed by atoms with E-state index in [0.29, 0.717) is 6.61 Å². The minimum atomic E-state index is -0.265. The summed E-state index contributed by atoms with van der Waals surface area (Å²) in [4.78, 5) is 11.0. The minimum absolute atomic E-state index is 0.170. The SMILES string of the molecule is C#Cc1ccc(NCC(=O)OCC)cc1. The molecule has 15 heavy (non-hydrogen) atoms. The molecule has 0 spiro atoms. The summed E-state index contributed by atoms with van der Waals surface area (Å²) in [5.41, 5.74) is 1.67.